The molecule has 34 heavy (non-hydrogen) atoms. The molecule has 2 heterocycles. The molecule has 1 atom stereocenters. The second kappa shape index (κ2) is 10.8. The number of hydrazone groups is 1. The van der Waals surface area contributed by atoms with Crippen molar-refractivity contribution in [3.05, 3.63) is 59.1 Å². The number of piperidine rings is 1. The summed E-state index contributed by atoms with van der Waals surface area (Å²) in [6, 6.07) is 15.0. The maximum atomic E-state index is 13.1. The van der Waals surface area contributed by atoms with Crippen molar-refractivity contribution in [3.8, 4) is 5.75 Å². The minimum absolute atomic E-state index is 0.0212. The lowest BCUT2D eigenvalue weighted by atomic mass is 9.84. The van der Waals surface area contributed by atoms with Crippen molar-refractivity contribution in [1.29, 1.82) is 0 Å². The monoisotopic (exact) mass is 484 g/mol. The predicted octanol–water partition coefficient (Wildman–Crippen LogP) is 3.90. The Morgan fingerprint density at radius 2 is 1.94 bits per heavy atom. The maximum absolute atomic E-state index is 13.1. The Bertz CT molecular complexity index is 1000. The molecule has 8 heteroatoms. The van der Waals surface area contributed by atoms with Crippen LogP contribution in [0, 0.1) is 0 Å². The Hall–Kier alpha value is -2.61. The zero-order chi connectivity index (χ0) is 24.1. The Kier molecular flexibility index (Phi) is 7.76. The minimum Gasteiger partial charge on any atom is -0.492 e. The minimum atomic E-state index is -0.822. The number of halogens is 1. The zero-order valence-corrected chi connectivity index (χ0v) is 20.6. The molecule has 1 saturated heterocycles. The number of benzene rings is 2. The lowest BCUT2D eigenvalue weighted by molar-refractivity contribution is -0.0269. The Morgan fingerprint density at radius 3 is 2.65 bits per heavy atom. The van der Waals surface area contributed by atoms with Crippen LogP contribution in [-0.4, -0.2) is 79.0 Å². The molecule has 1 fully saturated rings. The summed E-state index contributed by atoms with van der Waals surface area (Å²) < 4.78 is 5.78. The first-order valence-corrected chi connectivity index (χ1v) is 12.2. The van der Waals surface area contributed by atoms with E-state index in [4.69, 9.17) is 16.3 Å². The van der Waals surface area contributed by atoms with Crippen LogP contribution in [0.3, 0.4) is 0 Å². The molecule has 0 aliphatic carbocycles. The second-order valence-electron chi connectivity index (χ2n) is 9.41. The van der Waals surface area contributed by atoms with Gasteiger partial charge in [-0.1, -0.05) is 17.7 Å². The van der Waals surface area contributed by atoms with Crippen molar-refractivity contribution in [2.75, 3.05) is 45.3 Å². The van der Waals surface area contributed by atoms with Crippen molar-refractivity contribution in [3.63, 3.8) is 0 Å². The van der Waals surface area contributed by atoms with Gasteiger partial charge in [-0.15, -0.1) is 0 Å². The molecule has 7 nitrogen and oxygen atoms in total. The molecule has 1 N–H and O–H groups in total. The van der Waals surface area contributed by atoms with Gasteiger partial charge in [-0.3, -0.25) is 9.80 Å². The second-order valence-corrected chi connectivity index (χ2v) is 9.85. The molecule has 2 aliphatic rings. The molecular formula is C26H33ClN4O3. The molecule has 0 bridgehead atoms. The van der Waals surface area contributed by atoms with Crippen LogP contribution in [0.2, 0.25) is 5.02 Å². The molecule has 1 unspecified atom stereocenters. The number of nitrogens with zero attached hydrogens (tertiary/aromatic N) is 4. The maximum Gasteiger partial charge on any atom is 0.253 e. The molecule has 2 aromatic rings. The van der Waals surface area contributed by atoms with E-state index < -0.39 is 5.60 Å². The van der Waals surface area contributed by atoms with Crippen molar-refractivity contribution in [2.45, 2.75) is 37.3 Å². The van der Waals surface area contributed by atoms with Crippen molar-refractivity contribution in [2.24, 2.45) is 5.10 Å². The van der Waals surface area contributed by atoms with E-state index in [9.17, 15) is 9.90 Å². The number of aliphatic hydroxyl groups is 1. The SMILES string of the molecule is CN(C)CCOc1cccc(C(=O)N2CCC(O)(CC3CC=NN3c3ccc(Cl)cc3)CC2)c1. The van der Waals surface area contributed by atoms with Gasteiger partial charge in [0.15, 0.2) is 0 Å². The third kappa shape index (κ3) is 6.09. The number of carbonyl (C=O) groups excluding carboxylic acids is 1. The summed E-state index contributed by atoms with van der Waals surface area (Å²) in [5.41, 5.74) is 0.759. The fourth-order valence-corrected chi connectivity index (χ4v) is 4.63. The number of hydrogen-bond acceptors (Lipinski definition) is 6. The van der Waals surface area contributed by atoms with E-state index in [-0.39, 0.29) is 11.9 Å². The predicted molar refractivity (Wildman–Crippen MR) is 136 cm³/mol. The highest BCUT2D eigenvalue weighted by molar-refractivity contribution is 6.30. The van der Waals surface area contributed by atoms with Gasteiger partial charge < -0.3 is 19.6 Å². The van der Waals surface area contributed by atoms with E-state index in [2.05, 4.69) is 10.0 Å². The molecule has 2 aliphatic heterocycles. The molecular weight excluding hydrogens is 452 g/mol. The first-order valence-electron chi connectivity index (χ1n) is 11.8. The van der Waals surface area contributed by atoms with Crippen LogP contribution in [0.4, 0.5) is 5.69 Å². The molecule has 4 rings (SSSR count). The molecule has 0 radical (unpaired) electrons. The molecule has 0 aromatic heterocycles. The summed E-state index contributed by atoms with van der Waals surface area (Å²) in [5, 5.41) is 18.5. The van der Waals surface area contributed by atoms with Crippen LogP contribution in [0.15, 0.2) is 53.6 Å². The Balaban J connectivity index is 1.32. The van der Waals surface area contributed by atoms with Gasteiger partial charge >= 0.3 is 0 Å². The highest BCUT2D eigenvalue weighted by atomic mass is 35.5. The molecule has 2 aromatic carbocycles. The lowest BCUT2D eigenvalue weighted by Crippen LogP contribution is -2.49. The van der Waals surface area contributed by atoms with Gasteiger partial charge in [-0.25, -0.2) is 0 Å². The third-order valence-electron chi connectivity index (χ3n) is 6.51. The average Bonchev–Trinajstić information content (AvgIpc) is 3.27. The summed E-state index contributed by atoms with van der Waals surface area (Å²) in [4.78, 5) is 17.0. The number of likely N-dealkylation sites (tertiary alicyclic amines) is 1. The largest absolute Gasteiger partial charge is 0.492 e. The first-order chi connectivity index (χ1) is 16.3. The van der Waals surface area contributed by atoms with Crippen LogP contribution in [0.5, 0.6) is 5.75 Å². The van der Waals surface area contributed by atoms with Crippen molar-refractivity contribution < 1.29 is 14.6 Å². The first kappa shape index (κ1) is 24.5. The topological polar surface area (TPSA) is 68.6 Å². The van der Waals surface area contributed by atoms with Crippen molar-refractivity contribution >= 4 is 29.4 Å². The summed E-state index contributed by atoms with van der Waals surface area (Å²) in [7, 11) is 3.99. The van der Waals surface area contributed by atoms with Gasteiger partial charge in [-0.05, 0) is 75.8 Å². The quantitative estimate of drug-likeness (QED) is 0.615. The fourth-order valence-electron chi connectivity index (χ4n) is 4.51. The van der Waals surface area contributed by atoms with Gasteiger partial charge in [0.05, 0.1) is 17.3 Å². The van der Waals surface area contributed by atoms with E-state index in [0.29, 0.717) is 55.3 Å². The number of carbonyl (C=O) groups is 1. The van der Waals surface area contributed by atoms with E-state index in [0.717, 1.165) is 18.7 Å². The van der Waals surface area contributed by atoms with E-state index in [1.807, 2.05) is 72.7 Å². The summed E-state index contributed by atoms with van der Waals surface area (Å²) in [6.07, 6.45) is 4.38. The summed E-state index contributed by atoms with van der Waals surface area (Å²) in [5.74, 6) is 0.678. The standard InChI is InChI=1S/C26H33ClN4O3/c1-29(2)16-17-34-24-5-3-4-20(18-24)25(32)30-14-11-26(33,12-15-30)19-23-10-13-28-31(23)22-8-6-21(27)7-9-22/h3-9,13,18,23,33H,10-12,14-17,19H2,1-2H3. The smallest absolute Gasteiger partial charge is 0.253 e. The molecule has 0 spiro atoms. The van der Waals surface area contributed by atoms with Gasteiger partial charge in [0.1, 0.15) is 12.4 Å². The number of hydrogen-bond donors (Lipinski definition) is 1. The van der Waals surface area contributed by atoms with E-state index >= 15 is 0 Å². The number of anilines is 1. The fraction of sp³-hybridized carbons (Fsp3) is 0.462. The normalized spacial score (nSPS) is 19.6. The van der Waals surface area contributed by atoms with E-state index in [1.165, 1.54) is 0 Å². The van der Waals surface area contributed by atoms with Gasteiger partial charge in [0.2, 0.25) is 0 Å². The van der Waals surface area contributed by atoms with Crippen molar-refractivity contribution in [1.82, 2.24) is 9.80 Å². The number of rotatable bonds is 8. The van der Waals surface area contributed by atoms with Crippen LogP contribution >= 0.6 is 11.6 Å². The summed E-state index contributed by atoms with van der Waals surface area (Å²) in [6.45, 7) is 2.43. The average molecular weight is 485 g/mol. The Labute approximate surface area is 206 Å². The lowest BCUT2D eigenvalue weighted by Gasteiger charge is -2.40. The Morgan fingerprint density at radius 1 is 1.21 bits per heavy atom. The molecule has 1 amide bonds. The van der Waals surface area contributed by atoms with Crippen LogP contribution in [0.25, 0.3) is 0 Å². The van der Waals surface area contributed by atoms with Gasteiger partial charge in [0, 0.05) is 42.9 Å². The highest BCUT2D eigenvalue weighted by Gasteiger charge is 2.38. The highest BCUT2D eigenvalue weighted by Crippen LogP contribution is 2.34. The third-order valence-corrected chi connectivity index (χ3v) is 6.76. The number of ether oxygens (including phenoxy) is 1. The van der Waals surface area contributed by atoms with E-state index in [1.54, 1.807) is 6.07 Å². The van der Waals surface area contributed by atoms with Crippen LogP contribution in [-0.2, 0) is 0 Å². The zero-order valence-electron chi connectivity index (χ0n) is 19.9. The van der Waals surface area contributed by atoms with Crippen LogP contribution in [0.1, 0.15) is 36.0 Å². The summed E-state index contributed by atoms with van der Waals surface area (Å²) >= 11 is 6.02. The molecule has 182 valence electrons. The molecule has 0 saturated carbocycles. The van der Waals surface area contributed by atoms with Gasteiger partial charge in [-0.2, -0.15) is 5.10 Å². The number of likely N-dealkylation sites (N-methyl/N-ethyl adjacent to an activating group) is 1. The van der Waals surface area contributed by atoms with Gasteiger partial charge in [0.25, 0.3) is 5.91 Å². The number of amides is 1. The van der Waals surface area contributed by atoms with Crippen LogP contribution < -0.4 is 9.75 Å².